The standard InChI is InChI=1S/C22H20N6O3S/c1-3-4-9-27(2)19-8-7-18(32-19)24-21-15(11-23)16(12-29)22-25-20(26-28(21)22)14-6-5-13(30)10-17(14)31/h5-8,10,12,30-31H,3-4,9H2,1-2H3. The van der Waals surface area contributed by atoms with Crippen molar-refractivity contribution in [3.8, 4) is 29.0 Å². The molecule has 162 valence electrons. The van der Waals surface area contributed by atoms with E-state index < -0.39 is 0 Å². The second-order valence-electron chi connectivity index (χ2n) is 7.21. The van der Waals surface area contributed by atoms with E-state index >= 15 is 0 Å². The number of anilines is 1. The Bertz CT molecular complexity index is 1300. The highest BCUT2D eigenvalue weighted by molar-refractivity contribution is 7.19. The number of aliphatic imine (C=N–C) groups is 1. The number of benzene rings is 1. The minimum absolute atomic E-state index is 0.0834. The van der Waals surface area contributed by atoms with Crippen molar-refractivity contribution in [1.82, 2.24) is 14.8 Å². The molecule has 1 aliphatic heterocycles. The van der Waals surface area contributed by atoms with Gasteiger partial charge >= 0.3 is 0 Å². The molecular formula is C22H20N6O3S. The highest BCUT2D eigenvalue weighted by Crippen LogP contribution is 2.36. The Labute approximate surface area is 188 Å². The Morgan fingerprint density at radius 3 is 2.81 bits per heavy atom. The number of rotatable bonds is 7. The molecule has 2 N–H and O–H groups in total. The number of hydrogen-bond donors (Lipinski definition) is 2. The van der Waals surface area contributed by atoms with Gasteiger partial charge < -0.3 is 15.1 Å². The van der Waals surface area contributed by atoms with Crippen molar-refractivity contribution in [2.45, 2.75) is 19.8 Å². The number of aromatic hydroxyl groups is 2. The molecule has 3 aromatic rings. The first kappa shape index (κ1) is 21.3. The molecule has 0 spiro atoms. The number of carbonyl (C=O) groups excluding carboxylic acids is 1. The molecule has 0 unspecified atom stereocenters. The molecule has 0 bridgehead atoms. The van der Waals surface area contributed by atoms with E-state index in [-0.39, 0.29) is 45.7 Å². The van der Waals surface area contributed by atoms with E-state index in [0.717, 1.165) is 24.4 Å². The third kappa shape index (κ3) is 3.74. The van der Waals surface area contributed by atoms with Crippen molar-refractivity contribution in [3.05, 3.63) is 41.7 Å². The van der Waals surface area contributed by atoms with Crippen LogP contribution in [0.25, 0.3) is 17.0 Å². The predicted octanol–water partition coefficient (Wildman–Crippen LogP) is 3.72. The molecule has 0 radical (unpaired) electrons. The molecule has 1 aromatic carbocycles. The minimum Gasteiger partial charge on any atom is -0.508 e. The highest BCUT2D eigenvalue weighted by atomic mass is 32.1. The first-order chi connectivity index (χ1) is 15.5. The number of carbonyl (C=O) groups is 1. The lowest BCUT2D eigenvalue weighted by Crippen LogP contribution is -2.16. The number of phenolic OH excluding ortho intramolecular Hbond substituents is 2. The van der Waals surface area contributed by atoms with Gasteiger partial charge in [-0.25, -0.2) is 9.98 Å². The van der Waals surface area contributed by atoms with Crippen LogP contribution in [-0.4, -0.2) is 50.7 Å². The van der Waals surface area contributed by atoms with Gasteiger partial charge in [0.1, 0.15) is 28.1 Å². The fourth-order valence-electron chi connectivity index (χ4n) is 3.31. The number of thiophene rings is 1. The smallest absolute Gasteiger partial charge is 0.185 e. The number of hydrogen-bond acceptors (Lipinski definition) is 9. The lowest BCUT2D eigenvalue weighted by molar-refractivity contribution is -0.103. The van der Waals surface area contributed by atoms with E-state index in [1.807, 2.05) is 25.2 Å². The van der Waals surface area contributed by atoms with E-state index in [4.69, 9.17) is 0 Å². The van der Waals surface area contributed by atoms with Crippen LogP contribution < -0.4 is 4.90 Å². The average Bonchev–Trinajstić information content (AvgIpc) is 3.47. The summed E-state index contributed by atoms with van der Waals surface area (Å²) in [6.45, 7) is 3.07. The summed E-state index contributed by atoms with van der Waals surface area (Å²) in [5.74, 6) is 0.217. The van der Waals surface area contributed by atoms with Crippen molar-refractivity contribution in [2.24, 2.45) is 4.99 Å². The maximum atomic E-state index is 11.8. The first-order valence-electron chi connectivity index (χ1n) is 9.96. The van der Waals surface area contributed by atoms with Crippen molar-refractivity contribution in [3.63, 3.8) is 0 Å². The molecule has 0 saturated heterocycles. The number of phenols is 2. The third-order valence-electron chi connectivity index (χ3n) is 5.01. The fourth-order valence-corrected chi connectivity index (χ4v) is 4.18. The maximum absolute atomic E-state index is 11.8. The number of aldehydes is 1. The van der Waals surface area contributed by atoms with Gasteiger partial charge in [0.25, 0.3) is 0 Å². The SMILES string of the molecule is CCCCN(C)c1ccc(N=C2C(C#N)=C(C=O)c3nc(-c4ccc(O)cc4O)nn32)s1. The molecule has 9 nitrogen and oxygen atoms in total. The number of aromatic nitrogens is 3. The lowest BCUT2D eigenvalue weighted by atomic mass is 10.1. The summed E-state index contributed by atoms with van der Waals surface area (Å²) in [6, 6.07) is 9.90. The molecule has 4 rings (SSSR count). The van der Waals surface area contributed by atoms with Crippen LogP contribution in [0.15, 0.2) is 40.9 Å². The van der Waals surface area contributed by atoms with Gasteiger partial charge in [0.05, 0.1) is 16.1 Å². The Hall–Kier alpha value is -3.97. The summed E-state index contributed by atoms with van der Waals surface area (Å²) in [4.78, 5) is 22.9. The van der Waals surface area contributed by atoms with Gasteiger partial charge in [-0.3, -0.25) is 4.79 Å². The molecule has 10 heteroatoms. The van der Waals surface area contributed by atoms with Crippen LogP contribution >= 0.6 is 11.3 Å². The van der Waals surface area contributed by atoms with Crippen LogP contribution in [0.1, 0.15) is 25.6 Å². The number of nitrogens with zero attached hydrogens (tertiary/aromatic N) is 6. The van der Waals surface area contributed by atoms with Crippen molar-refractivity contribution < 1.29 is 15.0 Å². The van der Waals surface area contributed by atoms with Crippen LogP contribution in [0, 0.1) is 11.3 Å². The van der Waals surface area contributed by atoms with E-state index in [1.54, 1.807) is 0 Å². The van der Waals surface area contributed by atoms with E-state index in [9.17, 15) is 20.3 Å². The van der Waals surface area contributed by atoms with Crippen molar-refractivity contribution >= 4 is 39.0 Å². The Morgan fingerprint density at radius 2 is 2.12 bits per heavy atom. The van der Waals surface area contributed by atoms with Gasteiger partial charge in [0.15, 0.2) is 23.8 Å². The molecule has 0 aliphatic carbocycles. The number of allylic oxidation sites excluding steroid dienone is 2. The average molecular weight is 449 g/mol. The Morgan fingerprint density at radius 1 is 1.31 bits per heavy atom. The summed E-state index contributed by atoms with van der Waals surface area (Å²) in [5.41, 5.74) is 0.453. The number of nitriles is 1. The van der Waals surface area contributed by atoms with Gasteiger partial charge in [0.2, 0.25) is 0 Å². The zero-order chi connectivity index (χ0) is 22.8. The zero-order valence-electron chi connectivity index (χ0n) is 17.5. The highest BCUT2D eigenvalue weighted by Gasteiger charge is 2.32. The predicted molar refractivity (Wildman–Crippen MR) is 122 cm³/mol. The van der Waals surface area contributed by atoms with Gasteiger partial charge in [-0.05, 0) is 30.7 Å². The molecule has 0 amide bonds. The second kappa shape index (κ2) is 8.64. The Balaban J connectivity index is 1.77. The molecule has 0 saturated carbocycles. The van der Waals surface area contributed by atoms with Crippen LogP contribution in [0.4, 0.5) is 10.0 Å². The van der Waals surface area contributed by atoms with Gasteiger partial charge in [0, 0.05) is 19.7 Å². The summed E-state index contributed by atoms with van der Waals surface area (Å²) in [6.07, 6.45) is 2.74. The maximum Gasteiger partial charge on any atom is 0.185 e. The van der Waals surface area contributed by atoms with Crippen LogP contribution in [0.3, 0.4) is 0 Å². The monoisotopic (exact) mass is 448 g/mol. The normalized spacial score (nSPS) is 14.0. The molecule has 1 aliphatic rings. The van der Waals surface area contributed by atoms with Gasteiger partial charge in [-0.1, -0.05) is 24.7 Å². The number of unbranched alkanes of at least 4 members (excludes halogenated alkanes) is 1. The van der Waals surface area contributed by atoms with Crippen molar-refractivity contribution in [1.29, 1.82) is 5.26 Å². The van der Waals surface area contributed by atoms with Crippen LogP contribution in [0.2, 0.25) is 0 Å². The van der Waals surface area contributed by atoms with E-state index in [2.05, 4.69) is 26.9 Å². The molecule has 32 heavy (non-hydrogen) atoms. The quantitative estimate of drug-likeness (QED) is 0.527. The largest absolute Gasteiger partial charge is 0.508 e. The van der Waals surface area contributed by atoms with Gasteiger partial charge in [-0.15, -0.1) is 5.10 Å². The summed E-state index contributed by atoms with van der Waals surface area (Å²) >= 11 is 1.47. The summed E-state index contributed by atoms with van der Waals surface area (Å²) in [5, 5.41) is 35.4. The fraction of sp³-hybridized carbons (Fsp3) is 0.227. The lowest BCUT2D eigenvalue weighted by Gasteiger charge is -2.15. The summed E-state index contributed by atoms with van der Waals surface area (Å²) < 4.78 is 1.34. The van der Waals surface area contributed by atoms with Gasteiger partial charge in [-0.2, -0.15) is 9.94 Å². The molecule has 0 atom stereocenters. The minimum atomic E-state index is -0.206. The van der Waals surface area contributed by atoms with Crippen LogP contribution in [0.5, 0.6) is 11.5 Å². The topological polar surface area (TPSA) is 128 Å². The van der Waals surface area contributed by atoms with E-state index in [0.29, 0.717) is 11.3 Å². The molecule has 0 fully saturated rings. The summed E-state index contributed by atoms with van der Waals surface area (Å²) in [7, 11) is 2.02. The van der Waals surface area contributed by atoms with Crippen molar-refractivity contribution in [2.75, 3.05) is 18.5 Å². The molecular weight excluding hydrogens is 428 g/mol. The number of fused-ring (bicyclic) bond motifs is 1. The first-order valence-corrected chi connectivity index (χ1v) is 10.8. The third-order valence-corrected chi connectivity index (χ3v) is 6.10. The molecule has 3 heterocycles. The Kier molecular flexibility index (Phi) is 5.75. The van der Waals surface area contributed by atoms with E-state index in [1.165, 1.54) is 34.2 Å². The van der Waals surface area contributed by atoms with Crippen LogP contribution in [-0.2, 0) is 4.79 Å². The second-order valence-corrected chi connectivity index (χ2v) is 8.25. The molecule has 2 aromatic heterocycles. The zero-order valence-corrected chi connectivity index (χ0v) is 18.3.